The number of para-hydroxylation sites is 1. The maximum Gasteiger partial charge on any atom is 0.263 e. The zero-order valence-electron chi connectivity index (χ0n) is 25.9. The Morgan fingerprint density at radius 2 is 0.915 bits per heavy atom. The van der Waals surface area contributed by atoms with Gasteiger partial charge in [0.05, 0.1) is 5.52 Å². The Kier molecular flexibility index (Phi) is 6.97. The van der Waals surface area contributed by atoms with Gasteiger partial charge >= 0.3 is 0 Å². The first kappa shape index (κ1) is 28.2. The van der Waals surface area contributed by atoms with Crippen LogP contribution in [-0.4, -0.2) is 4.57 Å². The predicted octanol–water partition coefficient (Wildman–Crippen LogP) is 11.6. The van der Waals surface area contributed by atoms with Crippen LogP contribution in [0.5, 0.6) is 0 Å². The van der Waals surface area contributed by atoms with E-state index in [4.69, 9.17) is 0 Å². The van der Waals surface area contributed by atoms with Gasteiger partial charge in [-0.1, -0.05) is 153 Å². The molecule has 2 heteroatoms. The lowest BCUT2D eigenvalue weighted by atomic mass is 9.83. The fraction of sp³-hybridized carbons (Fsp3) is 0. The summed E-state index contributed by atoms with van der Waals surface area (Å²) in [6.07, 6.45) is 3.88. The van der Waals surface area contributed by atoms with Gasteiger partial charge in [-0.2, -0.15) is 0 Å². The zero-order valence-corrected chi connectivity index (χ0v) is 25.9. The average molecular weight is 602 g/mol. The molecule has 1 heterocycles. The first-order valence-electron chi connectivity index (χ1n) is 15.8. The van der Waals surface area contributed by atoms with Crippen LogP contribution in [0.1, 0.15) is 11.1 Å². The van der Waals surface area contributed by atoms with E-state index in [1.807, 2.05) is 77.4 Å². The molecule has 0 radical (unpaired) electrons. The van der Waals surface area contributed by atoms with Crippen LogP contribution in [-0.2, 0) is 0 Å². The first-order chi connectivity index (χ1) is 23.2. The summed E-state index contributed by atoms with van der Waals surface area (Å²) in [5, 5.41) is 4.95. The van der Waals surface area contributed by atoms with Crippen molar-refractivity contribution in [3.8, 4) is 39.1 Å². The van der Waals surface area contributed by atoms with Gasteiger partial charge in [0.25, 0.3) is 5.56 Å². The first-order valence-corrected chi connectivity index (χ1v) is 15.8. The third kappa shape index (κ3) is 4.62. The van der Waals surface area contributed by atoms with Gasteiger partial charge in [-0.15, -0.1) is 0 Å². The van der Waals surface area contributed by atoms with E-state index in [2.05, 4.69) is 104 Å². The summed E-state index contributed by atoms with van der Waals surface area (Å²) >= 11 is 0. The lowest BCUT2D eigenvalue weighted by molar-refractivity contribution is 1.06. The molecule has 0 saturated carbocycles. The van der Waals surface area contributed by atoms with Gasteiger partial charge in [0, 0.05) is 16.5 Å². The number of hydrogen-bond donors (Lipinski definition) is 0. The summed E-state index contributed by atoms with van der Waals surface area (Å²) < 4.78 is 1.84. The van der Waals surface area contributed by atoms with Crippen LogP contribution < -0.4 is 5.56 Å². The van der Waals surface area contributed by atoms with E-state index in [-0.39, 0.29) is 5.56 Å². The molecule has 0 atom stereocenters. The van der Waals surface area contributed by atoms with E-state index in [0.29, 0.717) is 5.39 Å². The molecule has 1 aromatic heterocycles. The monoisotopic (exact) mass is 601 g/mol. The van der Waals surface area contributed by atoms with Crippen molar-refractivity contribution in [2.45, 2.75) is 0 Å². The smallest absolute Gasteiger partial charge is 0.263 e. The third-order valence-electron chi connectivity index (χ3n) is 9.17. The van der Waals surface area contributed by atoms with Crippen molar-refractivity contribution in [2.24, 2.45) is 0 Å². The second-order valence-corrected chi connectivity index (χ2v) is 11.7. The van der Waals surface area contributed by atoms with E-state index < -0.39 is 0 Å². The number of aromatic nitrogens is 1. The molecular formula is C45H31NO. The maximum atomic E-state index is 14.1. The molecule has 0 saturated heterocycles. The molecule has 47 heavy (non-hydrogen) atoms. The molecule has 2 nitrogen and oxygen atoms in total. The second-order valence-electron chi connectivity index (χ2n) is 11.7. The molecule has 0 N–H and O–H groups in total. The zero-order chi connectivity index (χ0) is 31.9. The molecule has 0 spiro atoms. The van der Waals surface area contributed by atoms with Crippen molar-refractivity contribution in [1.29, 1.82) is 0 Å². The molecule has 0 aliphatic heterocycles. The van der Waals surface area contributed by atoms with Crippen molar-refractivity contribution >= 4 is 44.6 Å². The van der Waals surface area contributed by atoms with Gasteiger partial charge in [0.1, 0.15) is 0 Å². The van der Waals surface area contributed by atoms with Crippen molar-refractivity contribution in [3.63, 3.8) is 0 Å². The Balaban J connectivity index is 1.37. The Labute approximate surface area is 273 Å². The predicted molar refractivity (Wildman–Crippen MR) is 201 cm³/mol. The standard InChI is InChI=1S/C45H31NO/c1-3-35-36(4-2)44(40-22-10-9-21-39(40)43(35)32-27-25-31(26-28-32)30-15-6-5-7-16-30)33-17-14-18-34(29-33)46-42-24-13-12-20-38(42)37-19-8-11-23-41(37)45(46)47/h3-29H,1-2H2. The average Bonchev–Trinajstić information content (AvgIpc) is 3.14. The molecule has 8 rings (SSSR count). The SMILES string of the molecule is C=Cc1c(C=C)c(-c2cccc(-n3c(=O)c4ccccc4c4ccccc43)c2)c2ccccc2c1-c1ccc(-c2ccccc2)cc1. The number of pyridine rings is 1. The molecule has 222 valence electrons. The molecule has 0 unspecified atom stereocenters. The molecule has 7 aromatic carbocycles. The van der Waals surface area contributed by atoms with Gasteiger partial charge in [0.15, 0.2) is 0 Å². The fourth-order valence-corrected chi connectivity index (χ4v) is 7.07. The lowest BCUT2D eigenvalue weighted by Crippen LogP contribution is -2.19. The summed E-state index contributed by atoms with van der Waals surface area (Å²) in [6, 6.07) is 52.0. The highest BCUT2D eigenvalue weighted by Gasteiger charge is 2.20. The van der Waals surface area contributed by atoms with E-state index in [0.717, 1.165) is 66.1 Å². The highest BCUT2D eigenvalue weighted by Crippen LogP contribution is 2.44. The normalized spacial score (nSPS) is 11.2. The fourth-order valence-electron chi connectivity index (χ4n) is 7.07. The largest absolute Gasteiger partial charge is 0.276 e. The van der Waals surface area contributed by atoms with Crippen molar-refractivity contribution in [3.05, 3.63) is 186 Å². The summed E-state index contributed by atoms with van der Waals surface area (Å²) in [4.78, 5) is 14.1. The highest BCUT2D eigenvalue weighted by molar-refractivity contribution is 6.12. The maximum absolute atomic E-state index is 14.1. The molecule has 0 fully saturated rings. The van der Waals surface area contributed by atoms with Crippen molar-refractivity contribution in [2.75, 3.05) is 0 Å². The highest BCUT2D eigenvalue weighted by atomic mass is 16.1. The van der Waals surface area contributed by atoms with Crippen LogP contribution in [0.2, 0.25) is 0 Å². The van der Waals surface area contributed by atoms with E-state index >= 15 is 0 Å². The second kappa shape index (κ2) is 11.6. The van der Waals surface area contributed by atoms with Crippen LogP contribution in [0.4, 0.5) is 0 Å². The van der Waals surface area contributed by atoms with E-state index in [1.165, 1.54) is 11.1 Å². The van der Waals surface area contributed by atoms with E-state index in [1.54, 1.807) is 0 Å². The molecule has 0 amide bonds. The van der Waals surface area contributed by atoms with Crippen LogP contribution in [0, 0.1) is 0 Å². The van der Waals surface area contributed by atoms with Crippen molar-refractivity contribution < 1.29 is 0 Å². The van der Waals surface area contributed by atoms with Crippen LogP contribution in [0.25, 0.3) is 83.7 Å². The Morgan fingerprint density at radius 1 is 0.426 bits per heavy atom. The van der Waals surface area contributed by atoms with Gasteiger partial charge in [0.2, 0.25) is 0 Å². The molecule has 8 aromatic rings. The Bertz CT molecular complexity index is 2550. The van der Waals surface area contributed by atoms with Gasteiger partial charge in [-0.3, -0.25) is 9.36 Å². The third-order valence-corrected chi connectivity index (χ3v) is 9.17. The van der Waals surface area contributed by atoms with Gasteiger partial charge < -0.3 is 0 Å². The Morgan fingerprint density at radius 3 is 1.57 bits per heavy atom. The minimum Gasteiger partial charge on any atom is -0.276 e. The molecular weight excluding hydrogens is 571 g/mol. The lowest BCUT2D eigenvalue weighted by Gasteiger charge is -2.21. The number of rotatable bonds is 6. The topological polar surface area (TPSA) is 22.0 Å². The van der Waals surface area contributed by atoms with Crippen LogP contribution in [0.3, 0.4) is 0 Å². The van der Waals surface area contributed by atoms with Crippen LogP contribution >= 0.6 is 0 Å². The summed E-state index contributed by atoms with van der Waals surface area (Å²) in [6.45, 7) is 8.57. The van der Waals surface area contributed by atoms with Gasteiger partial charge in [-0.25, -0.2) is 0 Å². The summed E-state index contributed by atoms with van der Waals surface area (Å²) in [5.74, 6) is 0. The number of hydrogen-bond acceptors (Lipinski definition) is 1. The number of fused-ring (bicyclic) bond motifs is 4. The minimum absolute atomic E-state index is 0.0358. The minimum atomic E-state index is -0.0358. The van der Waals surface area contributed by atoms with Gasteiger partial charge in [-0.05, 0) is 84.9 Å². The van der Waals surface area contributed by atoms with Crippen LogP contribution in [0.15, 0.2) is 170 Å². The molecule has 0 aliphatic rings. The molecule has 0 bridgehead atoms. The number of nitrogens with zero attached hydrogens (tertiary/aromatic N) is 1. The van der Waals surface area contributed by atoms with Crippen molar-refractivity contribution in [1.82, 2.24) is 4.57 Å². The Hall–Kier alpha value is -6.25. The number of benzene rings is 7. The van der Waals surface area contributed by atoms with E-state index in [9.17, 15) is 4.79 Å². The quantitative estimate of drug-likeness (QED) is 0.174. The summed E-state index contributed by atoms with van der Waals surface area (Å²) in [7, 11) is 0. The summed E-state index contributed by atoms with van der Waals surface area (Å²) in [5.41, 5.74) is 10.4. The molecule has 0 aliphatic carbocycles.